The van der Waals surface area contributed by atoms with Gasteiger partial charge in [-0.1, -0.05) is 20.8 Å². The van der Waals surface area contributed by atoms with Crippen LogP contribution >= 0.6 is 11.3 Å². The molecule has 0 saturated heterocycles. The van der Waals surface area contributed by atoms with Gasteiger partial charge in [-0.3, -0.25) is 4.79 Å². The molecule has 2 N–H and O–H groups in total. The topological polar surface area (TPSA) is 79.3 Å². The quantitative estimate of drug-likeness (QED) is 0.801. The lowest BCUT2D eigenvalue weighted by Crippen LogP contribution is -2.42. The molecule has 1 aromatic rings. The first kappa shape index (κ1) is 15.6. The number of hydrogen-bond acceptors (Lipinski definition) is 4. The molecule has 6 heteroatoms. The second-order valence-electron chi connectivity index (χ2n) is 4.85. The summed E-state index contributed by atoms with van der Waals surface area (Å²) in [5.74, 6) is -1.07. The Morgan fingerprint density at radius 2 is 2.16 bits per heavy atom. The van der Waals surface area contributed by atoms with Crippen molar-refractivity contribution in [2.75, 3.05) is 0 Å². The van der Waals surface area contributed by atoms with Crippen molar-refractivity contribution < 1.29 is 14.7 Å². The Labute approximate surface area is 117 Å². The molecule has 0 aliphatic heterocycles. The van der Waals surface area contributed by atoms with E-state index in [1.807, 2.05) is 26.2 Å². The summed E-state index contributed by atoms with van der Waals surface area (Å²) < 4.78 is 0. The van der Waals surface area contributed by atoms with Crippen molar-refractivity contribution in [3.8, 4) is 0 Å². The summed E-state index contributed by atoms with van der Waals surface area (Å²) in [4.78, 5) is 27.1. The number of aromatic nitrogens is 1. The van der Waals surface area contributed by atoms with Crippen LogP contribution in [-0.2, 0) is 22.4 Å². The molecule has 19 heavy (non-hydrogen) atoms. The highest BCUT2D eigenvalue weighted by atomic mass is 32.1. The van der Waals surface area contributed by atoms with E-state index >= 15 is 0 Å². The number of hydrogen-bond donors (Lipinski definition) is 2. The summed E-state index contributed by atoms with van der Waals surface area (Å²) in [5.41, 5.74) is 0.702. The minimum Gasteiger partial charge on any atom is -0.480 e. The molecule has 1 heterocycles. The summed E-state index contributed by atoms with van der Waals surface area (Å²) >= 11 is 1.52. The molecular formula is C13H20N2O3S. The van der Waals surface area contributed by atoms with Crippen LogP contribution in [0.4, 0.5) is 0 Å². The molecule has 0 bridgehead atoms. The molecule has 0 aliphatic rings. The van der Waals surface area contributed by atoms with Gasteiger partial charge in [0.1, 0.15) is 6.04 Å². The SMILES string of the molecule is CCc1nc(CC(=O)N[C@@H](CC(C)C)C(=O)O)cs1. The van der Waals surface area contributed by atoms with Crippen LogP contribution in [-0.4, -0.2) is 28.0 Å². The normalized spacial score (nSPS) is 12.4. The van der Waals surface area contributed by atoms with Crippen molar-refractivity contribution >= 4 is 23.2 Å². The number of aryl methyl sites for hydroxylation is 1. The van der Waals surface area contributed by atoms with E-state index in [9.17, 15) is 9.59 Å². The average Bonchev–Trinajstić information content (AvgIpc) is 2.75. The minimum atomic E-state index is -0.991. The molecule has 1 atom stereocenters. The Morgan fingerprint density at radius 3 is 2.63 bits per heavy atom. The number of aliphatic carboxylic acids is 1. The molecule has 106 valence electrons. The Bertz CT molecular complexity index is 443. The fourth-order valence-corrected chi connectivity index (χ4v) is 2.44. The molecule has 0 aromatic carbocycles. The first-order valence-corrected chi connectivity index (χ1v) is 7.25. The van der Waals surface area contributed by atoms with Crippen molar-refractivity contribution in [1.82, 2.24) is 10.3 Å². The highest BCUT2D eigenvalue weighted by molar-refractivity contribution is 7.09. The molecular weight excluding hydrogens is 264 g/mol. The van der Waals surface area contributed by atoms with Gasteiger partial charge in [0, 0.05) is 5.38 Å². The van der Waals surface area contributed by atoms with Crippen molar-refractivity contribution in [1.29, 1.82) is 0 Å². The zero-order valence-corrected chi connectivity index (χ0v) is 12.3. The van der Waals surface area contributed by atoms with Gasteiger partial charge in [0.25, 0.3) is 0 Å². The number of carbonyl (C=O) groups excluding carboxylic acids is 1. The van der Waals surface area contributed by atoms with Crippen LogP contribution in [0.1, 0.15) is 37.9 Å². The molecule has 1 aromatic heterocycles. The summed E-state index contributed by atoms with van der Waals surface area (Å²) in [5, 5.41) is 14.4. The maximum Gasteiger partial charge on any atom is 0.326 e. The number of nitrogens with zero attached hydrogens (tertiary/aromatic N) is 1. The fourth-order valence-electron chi connectivity index (χ4n) is 1.70. The van der Waals surface area contributed by atoms with Gasteiger partial charge in [-0.2, -0.15) is 0 Å². The van der Waals surface area contributed by atoms with Crippen LogP contribution in [0.2, 0.25) is 0 Å². The van der Waals surface area contributed by atoms with Crippen LogP contribution in [0, 0.1) is 5.92 Å². The van der Waals surface area contributed by atoms with Crippen LogP contribution < -0.4 is 5.32 Å². The predicted molar refractivity (Wildman–Crippen MR) is 74.2 cm³/mol. The third-order valence-corrected chi connectivity index (χ3v) is 3.63. The molecule has 0 unspecified atom stereocenters. The number of rotatable bonds is 7. The number of carboxylic acids is 1. The number of amides is 1. The Balaban J connectivity index is 2.54. The lowest BCUT2D eigenvalue weighted by molar-refractivity contribution is -0.142. The maximum absolute atomic E-state index is 11.8. The van der Waals surface area contributed by atoms with Crippen molar-refractivity contribution in [3.05, 3.63) is 16.1 Å². The van der Waals surface area contributed by atoms with Crippen LogP contribution in [0.15, 0.2) is 5.38 Å². The molecule has 0 saturated carbocycles. The standard InChI is InChI=1S/C13H20N2O3S/c1-4-12-14-9(7-19-12)6-11(16)15-10(13(17)18)5-8(2)3/h7-8,10H,4-6H2,1-3H3,(H,15,16)(H,17,18)/t10-/m0/s1. The van der Waals surface area contributed by atoms with Gasteiger partial charge in [0.05, 0.1) is 17.1 Å². The molecule has 0 spiro atoms. The van der Waals surface area contributed by atoms with Crippen molar-refractivity contribution in [2.45, 2.75) is 46.1 Å². The van der Waals surface area contributed by atoms with Gasteiger partial charge in [-0.25, -0.2) is 9.78 Å². The number of carbonyl (C=O) groups is 2. The van der Waals surface area contributed by atoms with Crippen LogP contribution in [0.5, 0.6) is 0 Å². The van der Waals surface area contributed by atoms with E-state index in [1.165, 1.54) is 11.3 Å². The Kier molecular flexibility index (Phi) is 5.95. The van der Waals surface area contributed by atoms with E-state index < -0.39 is 12.0 Å². The van der Waals surface area contributed by atoms with Gasteiger partial charge in [-0.15, -0.1) is 11.3 Å². The van der Waals surface area contributed by atoms with Gasteiger partial charge in [-0.05, 0) is 18.8 Å². The van der Waals surface area contributed by atoms with Crippen LogP contribution in [0.3, 0.4) is 0 Å². The molecule has 5 nitrogen and oxygen atoms in total. The highest BCUT2D eigenvalue weighted by Gasteiger charge is 2.21. The summed E-state index contributed by atoms with van der Waals surface area (Å²) in [6.45, 7) is 5.86. The first-order valence-electron chi connectivity index (χ1n) is 6.37. The van der Waals surface area contributed by atoms with E-state index in [1.54, 1.807) is 0 Å². The number of nitrogens with one attached hydrogen (secondary N) is 1. The first-order chi connectivity index (χ1) is 8.92. The molecule has 0 radical (unpaired) electrons. The van der Waals surface area contributed by atoms with E-state index in [2.05, 4.69) is 10.3 Å². The Morgan fingerprint density at radius 1 is 1.47 bits per heavy atom. The Hall–Kier alpha value is -1.43. The highest BCUT2D eigenvalue weighted by Crippen LogP contribution is 2.11. The third-order valence-electron chi connectivity index (χ3n) is 2.58. The minimum absolute atomic E-state index is 0.137. The average molecular weight is 284 g/mol. The lowest BCUT2D eigenvalue weighted by atomic mass is 10.0. The maximum atomic E-state index is 11.8. The molecule has 0 aliphatic carbocycles. The van der Waals surface area contributed by atoms with E-state index in [4.69, 9.17) is 5.11 Å². The second-order valence-corrected chi connectivity index (χ2v) is 5.79. The largest absolute Gasteiger partial charge is 0.480 e. The van der Waals surface area contributed by atoms with Crippen molar-refractivity contribution in [3.63, 3.8) is 0 Å². The van der Waals surface area contributed by atoms with Crippen molar-refractivity contribution in [2.24, 2.45) is 5.92 Å². The van der Waals surface area contributed by atoms with E-state index in [0.717, 1.165) is 11.4 Å². The third kappa shape index (κ3) is 5.38. The predicted octanol–water partition coefficient (Wildman–Crippen LogP) is 1.86. The van der Waals surface area contributed by atoms with E-state index in [0.29, 0.717) is 12.1 Å². The number of carboxylic acid groups (broad SMARTS) is 1. The second kappa shape index (κ2) is 7.23. The summed E-state index contributed by atoms with van der Waals surface area (Å²) in [6, 6.07) is -0.822. The zero-order valence-electron chi connectivity index (χ0n) is 11.5. The zero-order chi connectivity index (χ0) is 14.4. The van der Waals surface area contributed by atoms with Gasteiger partial charge < -0.3 is 10.4 Å². The molecule has 1 amide bonds. The monoisotopic (exact) mass is 284 g/mol. The fraction of sp³-hybridized carbons (Fsp3) is 0.615. The lowest BCUT2D eigenvalue weighted by Gasteiger charge is -2.16. The van der Waals surface area contributed by atoms with E-state index in [-0.39, 0.29) is 18.2 Å². The smallest absolute Gasteiger partial charge is 0.326 e. The van der Waals surface area contributed by atoms with Gasteiger partial charge in [0.15, 0.2) is 0 Å². The van der Waals surface area contributed by atoms with Gasteiger partial charge >= 0.3 is 5.97 Å². The van der Waals surface area contributed by atoms with Crippen LogP contribution in [0.25, 0.3) is 0 Å². The van der Waals surface area contributed by atoms with Gasteiger partial charge in [0.2, 0.25) is 5.91 Å². The summed E-state index contributed by atoms with van der Waals surface area (Å²) in [7, 11) is 0. The summed E-state index contributed by atoms with van der Waals surface area (Å²) in [6.07, 6.45) is 1.41. The number of thiazole rings is 1. The molecule has 0 fully saturated rings. The molecule has 1 rings (SSSR count).